The Hall–Kier alpha value is -2.17. The summed E-state index contributed by atoms with van der Waals surface area (Å²) >= 11 is 7.71. The lowest BCUT2D eigenvalue weighted by atomic mass is 9.95. The maximum absolute atomic E-state index is 12.7. The van der Waals surface area contributed by atoms with Gasteiger partial charge in [-0.2, -0.15) is 5.21 Å². The first-order valence-corrected chi connectivity index (χ1v) is 9.61. The maximum atomic E-state index is 12.7. The summed E-state index contributed by atoms with van der Waals surface area (Å²) in [6, 6.07) is 4.98. The second-order valence-corrected chi connectivity index (χ2v) is 9.19. The molecule has 3 heterocycles. The first kappa shape index (κ1) is 18.2. The quantitative estimate of drug-likeness (QED) is 0.638. The molecule has 9 nitrogen and oxygen atoms in total. The lowest BCUT2D eigenvalue weighted by Gasteiger charge is -2.44. The molecular formula is C16H18ClN7O2S. The second kappa shape index (κ2) is 6.47. The van der Waals surface area contributed by atoms with Gasteiger partial charge in [-0.1, -0.05) is 35.0 Å². The van der Waals surface area contributed by atoms with Crippen molar-refractivity contribution in [3.05, 3.63) is 40.7 Å². The fourth-order valence-corrected chi connectivity index (χ4v) is 5.44. The molecule has 4 N–H and O–H groups in total. The minimum absolute atomic E-state index is 0.187. The van der Waals surface area contributed by atoms with E-state index >= 15 is 0 Å². The molecular weight excluding hydrogens is 390 g/mol. The van der Waals surface area contributed by atoms with Crippen LogP contribution in [0, 0.1) is 0 Å². The molecule has 0 spiro atoms. The number of fused-ring (bicyclic) bond motifs is 1. The zero-order chi connectivity index (χ0) is 19.3. The first-order valence-electron chi connectivity index (χ1n) is 8.35. The van der Waals surface area contributed by atoms with Crippen molar-refractivity contribution in [1.82, 2.24) is 30.8 Å². The number of carbonyl (C=O) groups is 2. The van der Waals surface area contributed by atoms with Crippen molar-refractivity contribution < 1.29 is 9.59 Å². The van der Waals surface area contributed by atoms with Gasteiger partial charge < -0.3 is 16.0 Å². The van der Waals surface area contributed by atoms with Gasteiger partial charge in [0, 0.05) is 9.77 Å². The zero-order valence-corrected chi connectivity index (χ0v) is 16.2. The van der Waals surface area contributed by atoms with E-state index in [1.807, 2.05) is 13.8 Å². The summed E-state index contributed by atoms with van der Waals surface area (Å²) in [5.74, 6) is -0.170. The Morgan fingerprint density at radius 2 is 2.19 bits per heavy atom. The van der Waals surface area contributed by atoms with Gasteiger partial charge in [0.25, 0.3) is 0 Å². The molecule has 2 saturated heterocycles. The van der Waals surface area contributed by atoms with E-state index in [2.05, 4.69) is 25.9 Å². The molecule has 142 valence electrons. The lowest BCUT2D eigenvalue weighted by molar-refractivity contribution is -0.152. The number of β-lactam (4-membered cyclic amide) rings is 1. The molecule has 2 unspecified atom stereocenters. The number of H-pyrrole nitrogens is 1. The van der Waals surface area contributed by atoms with Crippen LogP contribution >= 0.6 is 23.4 Å². The van der Waals surface area contributed by atoms with Crippen molar-refractivity contribution in [2.24, 2.45) is 5.73 Å². The highest BCUT2D eigenvalue weighted by molar-refractivity contribution is 8.01. The summed E-state index contributed by atoms with van der Waals surface area (Å²) < 4.78 is -0.325. The van der Waals surface area contributed by atoms with Crippen molar-refractivity contribution >= 4 is 35.2 Å². The molecule has 2 aliphatic heterocycles. The number of nitrogens with zero attached hydrogens (tertiary/aromatic N) is 4. The molecule has 2 aromatic rings. The molecule has 0 bridgehead atoms. The Kier molecular flexibility index (Phi) is 4.36. The Bertz CT molecular complexity index is 891. The molecule has 4 rings (SSSR count). The summed E-state index contributed by atoms with van der Waals surface area (Å²) in [4.78, 5) is 27.0. The third-order valence-electron chi connectivity index (χ3n) is 4.87. The zero-order valence-electron chi connectivity index (χ0n) is 14.6. The number of tetrazole rings is 1. The van der Waals surface area contributed by atoms with Crippen LogP contribution in [0.3, 0.4) is 0 Å². The first-order chi connectivity index (χ1) is 12.8. The van der Waals surface area contributed by atoms with E-state index < -0.39 is 18.0 Å². The van der Waals surface area contributed by atoms with Crippen LogP contribution in [-0.4, -0.2) is 53.5 Å². The van der Waals surface area contributed by atoms with Crippen LogP contribution in [0.25, 0.3) is 0 Å². The number of rotatable bonds is 4. The molecule has 0 aliphatic carbocycles. The average molecular weight is 408 g/mol. The van der Waals surface area contributed by atoms with Gasteiger partial charge in [-0.25, -0.2) is 0 Å². The number of hydrogen-bond donors (Lipinski definition) is 3. The minimum Gasteiger partial charge on any atom is -0.340 e. The number of amides is 2. The van der Waals surface area contributed by atoms with E-state index in [4.69, 9.17) is 17.3 Å². The molecule has 2 amide bonds. The fraction of sp³-hybridized carbons (Fsp3) is 0.438. The van der Waals surface area contributed by atoms with Crippen LogP contribution in [0.1, 0.15) is 37.3 Å². The molecule has 4 atom stereocenters. The molecule has 2 fully saturated rings. The number of hydrogen-bond acceptors (Lipinski definition) is 7. The second-order valence-electron chi connectivity index (χ2n) is 7.02. The molecule has 1 aromatic carbocycles. The van der Waals surface area contributed by atoms with E-state index in [0.29, 0.717) is 16.4 Å². The highest BCUT2D eigenvalue weighted by Crippen LogP contribution is 2.56. The van der Waals surface area contributed by atoms with Crippen molar-refractivity contribution in [3.63, 3.8) is 0 Å². The van der Waals surface area contributed by atoms with Gasteiger partial charge in [0.1, 0.15) is 23.5 Å². The van der Waals surface area contributed by atoms with Crippen LogP contribution in [0.5, 0.6) is 0 Å². The number of benzene rings is 1. The molecule has 1 aromatic heterocycles. The van der Waals surface area contributed by atoms with Crippen molar-refractivity contribution in [2.45, 2.75) is 42.1 Å². The largest absolute Gasteiger partial charge is 0.340 e. The van der Waals surface area contributed by atoms with Crippen molar-refractivity contribution in [3.8, 4) is 0 Å². The molecule has 0 radical (unpaired) electrons. The monoisotopic (exact) mass is 407 g/mol. The van der Waals surface area contributed by atoms with E-state index in [-0.39, 0.29) is 22.1 Å². The molecule has 27 heavy (non-hydrogen) atoms. The summed E-state index contributed by atoms with van der Waals surface area (Å²) in [6.45, 7) is 4.03. The number of aromatic amines is 1. The molecule has 2 aliphatic rings. The number of nitrogens with two attached hydrogens (primary N) is 1. The number of halogens is 1. The van der Waals surface area contributed by atoms with Crippen molar-refractivity contribution in [2.75, 3.05) is 0 Å². The van der Waals surface area contributed by atoms with Crippen LogP contribution in [0.2, 0.25) is 5.02 Å². The molecule has 11 heteroatoms. The predicted molar refractivity (Wildman–Crippen MR) is 99.5 cm³/mol. The van der Waals surface area contributed by atoms with Crippen LogP contribution in [-0.2, 0) is 9.59 Å². The smallest absolute Gasteiger partial charge is 0.249 e. The van der Waals surface area contributed by atoms with Gasteiger partial charge in [0.05, 0.1) is 0 Å². The Labute approximate surface area is 164 Å². The SMILES string of the molecule is CC1(C)S[C@@H]2C(NC(=O)[C@H](N)c3ccccc3Cl)C(=O)N2C1c1nn[nH]n1. The van der Waals surface area contributed by atoms with Crippen LogP contribution in [0.15, 0.2) is 24.3 Å². The minimum atomic E-state index is -0.951. The third-order valence-corrected chi connectivity index (χ3v) is 6.78. The summed E-state index contributed by atoms with van der Waals surface area (Å²) in [5, 5.41) is 17.1. The van der Waals surface area contributed by atoms with E-state index in [1.165, 1.54) is 0 Å². The summed E-state index contributed by atoms with van der Waals surface area (Å²) in [6.07, 6.45) is 0. The molecule has 0 saturated carbocycles. The van der Waals surface area contributed by atoms with Crippen LogP contribution < -0.4 is 11.1 Å². The third kappa shape index (κ3) is 2.88. The fourth-order valence-electron chi connectivity index (χ4n) is 3.56. The van der Waals surface area contributed by atoms with Gasteiger partial charge in [0.2, 0.25) is 11.8 Å². The van der Waals surface area contributed by atoms with E-state index in [9.17, 15) is 9.59 Å². The van der Waals surface area contributed by atoms with Crippen LogP contribution in [0.4, 0.5) is 0 Å². The van der Waals surface area contributed by atoms with E-state index in [1.54, 1.807) is 40.9 Å². The van der Waals surface area contributed by atoms with Gasteiger partial charge in [-0.15, -0.1) is 22.0 Å². The number of nitrogens with one attached hydrogen (secondary N) is 2. The average Bonchev–Trinajstić information content (AvgIpc) is 3.23. The van der Waals surface area contributed by atoms with Gasteiger partial charge in [-0.3, -0.25) is 9.59 Å². The topological polar surface area (TPSA) is 130 Å². The Morgan fingerprint density at radius 1 is 1.44 bits per heavy atom. The maximum Gasteiger partial charge on any atom is 0.249 e. The highest BCUT2D eigenvalue weighted by Gasteiger charge is 2.63. The number of aromatic nitrogens is 4. The Morgan fingerprint density at radius 3 is 2.85 bits per heavy atom. The normalized spacial score (nSPS) is 27.0. The number of thioether (sulfide) groups is 1. The summed E-state index contributed by atoms with van der Waals surface area (Å²) in [7, 11) is 0. The summed E-state index contributed by atoms with van der Waals surface area (Å²) in [5.41, 5.74) is 6.56. The van der Waals surface area contributed by atoms with Gasteiger partial charge in [-0.05, 0) is 25.5 Å². The van der Waals surface area contributed by atoms with Crippen molar-refractivity contribution in [1.29, 1.82) is 0 Å². The van der Waals surface area contributed by atoms with E-state index in [0.717, 1.165) is 0 Å². The van der Waals surface area contributed by atoms with Gasteiger partial charge >= 0.3 is 0 Å². The lowest BCUT2D eigenvalue weighted by Crippen LogP contribution is -2.68. The Balaban J connectivity index is 1.50. The predicted octanol–water partition coefficient (Wildman–Crippen LogP) is 0.773. The van der Waals surface area contributed by atoms with Gasteiger partial charge in [0.15, 0.2) is 5.82 Å². The highest BCUT2D eigenvalue weighted by atomic mass is 35.5. The number of carbonyl (C=O) groups excluding carboxylic acids is 2. The standard InChI is InChI=1S/C16H18ClN7O2S/c1-16(2)11(12-20-22-23-21-12)24-14(26)10(15(24)27-16)19-13(25)9(18)7-5-3-4-6-8(7)17/h3-6,9-11,15H,18H2,1-2H3,(H,19,25)(H,20,21,22,23)/t9-,10?,11?,15-/m1/s1.